The molecule has 0 radical (unpaired) electrons. The Labute approximate surface area is 98.0 Å². The zero-order chi connectivity index (χ0) is 11.6. The summed E-state index contributed by atoms with van der Waals surface area (Å²) >= 11 is 0. The van der Waals surface area contributed by atoms with Crippen molar-refractivity contribution in [3.05, 3.63) is 12.7 Å². The lowest BCUT2D eigenvalue weighted by Crippen LogP contribution is -2.14. The molecule has 0 aliphatic rings. The van der Waals surface area contributed by atoms with Gasteiger partial charge in [-0.2, -0.15) is 5.10 Å². The first-order chi connectivity index (χ1) is 7.88. The quantitative estimate of drug-likeness (QED) is 0.606. The SMILES string of the molecule is CCCCCC(OCCCC)n1cncn1. The number of ether oxygens (including phenoxy) is 1. The van der Waals surface area contributed by atoms with Crippen molar-refractivity contribution in [3.63, 3.8) is 0 Å². The maximum atomic E-state index is 5.83. The van der Waals surface area contributed by atoms with E-state index >= 15 is 0 Å². The zero-order valence-corrected chi connectivity index (χ0v) is 10.4. The van der Waals surface area contributed by atoms with E-state index in [-0.39, 0.29) is 6.23 Å². The molecule has 0 aliphatic carbocycles. The van der Waals surface area contributed by atoms with Crippen LogP contribution in [0.2, 0.25) is 0 Å². The molecule has 1 unspecified atom stereocenters. The van der Waals surface area contributed by atoms with Crippen molar-refractivity contribution < 1.29 is 4.74 Å². The molecule has 0 saturated heterocycles. The van der Waals surface area contributed by atoms with Crippen LogP contribution in [0.1, 0.15) is 58.6 Å². The molecular formula is C12H23N3O. The third-order valence-electron chi connectivity index (χ3n) is 2.59. The first-order valence-electron chi connectivity index (χ1n) is 6.34. The highest BCUT2D eigenvalue weighted by molar-refractivity contribution is 4.62. The van der Waals surface area contributed by atoms with E-state index in [2.05, 4.69) is 23.9 Å². The molecule has 0 aromatic carbocycles. The molecule has 1 heterocycles. The highest BCUT2D eigenvalue weighted by Crippen LogP contribution is 2.16. The number of hydrogen-bond acceptors (Lipinski definition) is 3. The first-order valence-corrected chi connectivity index (χ1v) is 6.34. The summed E-state index contributed by atoms with van der Waals surface area (Å²) in [5.74, 6) is 0. The Hall–Kier alpha value is -0.900. The highest BCUT2D eigenvalue weighted by atomic mass is 16.5. The van der Waals surface area contributed by atoms with E-state index in [9.17, 15) is 0 Å². The summed E-state index contributed by atoms with van der Waals surface area (Å²) in [6.07, 6.45) is 10.4. The molecule has 16 heavy (non-hydrogen) atoms. The Morgan fingerprint density at radius 1 is 1.19 bits per heavy atom. The van der Waals surface area contributed by atoms with Gasteiger partial charge in [-0.3, -0.25) is 0 Å². The molecule has 1 aromatic heterocycles. The van der Waals surface area contributed by atoms with Crippen LogP contribution in [0.25, 0.3) is 0 Å². The van der Waals surface area contributed by atoms with Gasteiger partial charge in [0.1, 0.15) is 12.7 Å². The lowest BCUT2D eigenvalue weighted by molar-refractivity contribution is -0.0149. The molecule has 0 bridgehead atoms. The van der Waals surface area contributed by atoms with E-state index in [4.69, 9.17) is 4.74 Å². The van der Waals surface area contributed by atoms with Gasteiger partial charge in [0, 0.05) is 6.61 Å². The number of aromatic nitrogens is 3. The monoisotopic (exact) mass is 225 g/mol. The fourth-order valence-electron chi connectivity index (χ4n) is 1.59. The van der Waals surface area contributed by atoms with Gasteiger partial charge in [-0.1, -0.05) is 33.1 Å². The highest BCUT2D eigenvalue weighted by Gasteiger charge is 2.10. The zero-order valence-electron chi connectivity index (χ0n) is 10.4. The normalized spacial score (nSPS) is 12.9. The number of unbranched alkanes of at least 4 members (excludes halogenated alkanes) is 3. The van der Waals surface area contributed by atoms with Gasteiger partial charge in [0.05, 0.1) is 0 Å². The second-order valence-corrected chi connectivity index (χ2v) is 4.05. The number of rotatable bonds is 9. The van der Waals surface area contributed by atoms with Crippen LogP contribution in [0.5, 0.6) is 0 Å². The van der Waals surface area contributed by atoms with Gasteiger partial charge in [0.2, 0.25) is 0 Å². The molecule has 4 nitrogen and oxygen atoms in total. The van der Waals surface area contributed by atoms with Gasteiger partial charge in [-0.25, -0.2) is 9.67 Å². The minimum absolute atomic E-state index is 0.0700. The Morgan fingerprint density at radius 3 is 2.62 bits per heavy atom. The fraction of sp³-hybridized carbons (Fsp3) is 0.833. The van der Waals surface area contributed by atoms with Crippen LogP contribution >= 0.6 is 0 Å². The van der Waals surface area contributed by atoms with Crippen molar-refractivity contribution in [2.45, 2.75) is 58.6 Å². The van der Waals surface area contributed by atoms with Crippen LogP contribution in [-0.4, -0.2) is 21.4 Å². The smallest absolute Gasteiger partial charge is 0.151 e. The first kappa shape index (κ1) is 13.2. The maximum Gasteiger partial charge on any atom is 0.151 e. The summed E-state index contributed by atoms with van der Waals surface area (Å²) in [4.78, 5) is 3.97. The van der Waals surface area contributed by atoms with Gasteiger partial charge in [0.15, 0.2) is 6.23 Å². The van der Waals surface area contributed by atoms with E-state index in [1.165, 1.54) is 25.7 Å². The summed E-state index contributed by atoms with van der Waals surface area (Å²) in [6.45, 7) is 5.19. The predicted octanol–water partition coefficient (Wildman–Crippen LogP) is 3.17. The summed E-state index contributed by atoms with van der Waals surface area (Å²) in [6, 6.07) is 0. The van der Waals surface area contributed by atoms with E-state index in [1.54, 1.807) is 12.7 Å². The average Bonchev–Trinajstić information content (AvgIpc) is 2.81. The second-order valence-electron chi connectivity index (χ2n) is 4.05. The molecule has 0 fully saturated rings. The van der Waals surface area contributed by atoms with E-state index in [0.29, 0.717) is 0 Å². The minimum atomic E-state index is 0.0700. The largest absolute Gasteiger partial charge is 0.356 e. The van der Waals surface area contributed by atoms with Gasteiger partial charge in [-0.05, 0) is 19.3 Å². The molecule has 92 valence electrons. The number of nitrogens with zero attached hydrogens (tertiary/aromatic N) is 3. The van der Waals surface area contributed by atoms with E-state index in [0.717, 1.165) is 19.4 Å². The maximum absolute atomic E-state index is 5.83. The van der Waals surface area contributed by atoms with Crippen LogP contribution in [0, 0.1) is 0 Å². The molecule has 1 rings (SSSR count). The van der Waals surface area contributed by atoms with Gasteiger partial charge >= 0.3 is 0 Å². The number of hydrogen-bond donors (Lipinski definition) is 0. The van der Waals surface area contributed by atoms with Crippen LogP contribution in [0.3, 0.4) is 0 Å². The van der Waals surface area contributed by atoms with E-state index in [1.807, 2.05) is 4.68 Å². The summed E-state index contributed by atoms with van der Waals surface area (Å²) < 4.78 is 7.66. The van der Waals surface area contributed by atoms with Crippen LogP contribution in [0.4, 0.5) is 0 Å². The molecule has 4 heteroatoms. The fourth-order valence-corrected chi connectivity index (χ4v) is 1.59. The third-order valence-corrected chi connectivity index (χ3v) is 2.59. The Morgan fingerprint density at radius 2 is 2.00 bits per heavy atom. The third kappa shape index (κ3) is 4.75. The van der Waals surface area contributed by atoms with Crippen LogP contribution in [0.15, 0.2) is 12.7 Å². The van der Waals surface area contributed by atoms with Crippen LogP contribution < -0.4 is 0 Å². The van der Waals surface area contributed by atoms with Gasteiger partial charge in [-0.15, -0.1) is 0 Å². The Kier molecular flexibility index (Phi) is 6.81. The minimum Gasteiger partial charge on any atom is -0.356 e. The van der Waals surface area contributed by atoms with Gasteiger partial charge < -0.3 is 4.74 Å². The molecule has 0 N–H and O–H groups in total. The van der Waals surface area contributed by atoms with Crippen molar-refractivity contribution in [3.8, 4) is 0 Å². The Balaban J connectivity index is 2.36. The molecule has 0 spiro atoms. The lowest BCUT2D eigenvalue weighted by atomic mass is 10.2. The molecule has 1 atom stereocenters. The summed E-state index contributed by atoms with van der Waals surface area (Å²) in [5, 5.41) is 4.15. The lowest BCUT2D eigenvalue weighted by Gasteiger charge is -2.17. The second kappa shape index (κ2) is 8.28. The molecule has 0 amide bonds. The summed E-state index contributed by atoms with van der Waals surface area (Å²) in [5.41, 5.74) is 0. The van der Waals surface area contributed by atoms with Crippen LogP contribution in [-0.2, 0) is 4.74 Å². The summed E-state index contributed by atoms with van der Waals surface area (Å²) in [7, 11) is 0. The standard InChI is InChI=1S/C12H23N3O/c1-3-5-7-8-12(16-9-6-4-2)15-11-13-10-14-15/h10-12H,3-9H2,1-2H3. The van der Waals surface area contributed by atoms with Crippen molar-refractivity contribution in [1.82, 2.24) is 14.8 Å². The van der Waals surface area contributed by atoms with Crippen molar-refractivity contribution >= 4 is 0 Å². The topological polar surface area (TPSA) is 39.9 Å². The molecule has 0 saturated carbocycles. The molecule has 0 aliphatic heterocycles. The molecular weight excluding hydrogens is 202 g/mol. The van der Waals surface area contributed by atoms with Crippen molar-refractivity contribution in [2.24, 2.45) is 0 Å². The van der Waals surface area contributed by atoms with Crippen molar-refractivity contribution in [1.29, 1.82) is 0 Å². The Bertz CT molecular complexity index is 239. The predicted molar refractivity (Wildman–Crippen MR) is 64.1 cm³/mol. The van der Waals surface area contributed by atoms with Crippen molar-refractivity contribution in [2.75, 3.05) is 6.61 Å². The van der Waals surface area contributed by atoms with Gasteiger partial charge in [0.25, 0.3) is 0 Å². The average molecular weight is 225 g/mol. The molecule has 1 aromatic rings. The van der Waals surface area contributed by atoms with E-state index < -0.39 is 0 Å².